The zero-order valence-corrected chi connectivity index (χ0v) is 12.5. The van der Waals surface area contributed by atoms with Gasteiger partial charge in [0.25, 0.3) is 0 Å². The van der Waals surface area contributed by atoms with Gasteiger partial charge < -0.3 is 13.9 Å². The second-order valence-electron chi connectivity index (χ2n) is 5.12. The summed E-state index contributed by atoms with van der Waals surface area (Å²) in [6.45, 7) is 5.35. The SMILES string of the molecule is CCOB(OCC)C1CCCCC1S(C)(C)O. The van der Waals surface area contributed by atoms with Crippen molar-refractivity contribution in [3.63, 3.8) is 0 Å². The molecule has 0 amide bonds. The molecule has 5 heteroatoms. The van der Waals surface area contributed by atoms with Gasteiger partial charge >= 0.3 is 7.12 Å². The van der Waals surface area contributed by atoms with Crippen LogP contribution in [0, 0.1) is 0 Å². The summed E-state index contributed by atoms with van der Waals surface area (Å²) in [6, 6.07) is 0. The predicted molar refractivity (Wildman–Crippen MR) is 77.1 cm³/mol. The van der Waals surface area contributed by atoms with Crippen molar-refractivity contribution in [3.8, 4) is 0 Å². The van der Waals surface area contributed by atoms with Crippen LogP contribution in [0.2, 0.25) is 5.82 Å². The van der Waals surface area contributed by atoms with Crippen molar-refractivity contribution >= 4 is 17.4 Å². The minimum Gasteiger partial charge on any atom is -0.411 e. The zero-order chi connectivity index (χ0) is 12.9. The highest BCUT2D eigenvalue weighted by Gasteiger charge is 2.42. The summed E-state index contributed by atoms with van der Waals surface area (Å²) in [5.74, 6) is 0.360. The molecule has 1 aliphatic rings. The van der Waals surface area contributed by atoms with Crippen LogP contribution in [0.1, 0.15) is 39.5 Å². The maximum atomic E-state index is 10.4. The van der Waals surface area contributed by atoms with Crippen LogP contribution < -0.4 is 0 Å². The third-order valence-corrected chi connectivity index (χ3v) is 5.57. The van der Waals surface area contributed by atoms with Gasteiger partial charge in [-0.3, -0.25) is 0 Å². The van der Waals surface area contributed by atoms with E-state index in [4.69, 9.17) is 9.31 Å². The Morgan fingerprint density at radius 2 is 1.65 bits per heavy atom. The Kier molecular flexibility index (Phi) is 6.34. The van der Waals surface area contributed by atoms with E-state index in [1.54, 1.807) is 0 Å². The van der Waals surface area contributed by atoms with E-state index in [1.807, 2.05) is 26.4 Å². The van der Waals surface area contributed by atoms with E-state index in [0.29, 0.717) is 24.3 Å². The van der Waals surface area contributed by atoms with Gasteiger partial charge in [-0.1, -0.05) is 19.3 Å². The van der Waals surface area contributed by atoms with Gasteiger partial charge in [-0.25, -0.2) is 0 Å². The van der Waals surface area contributed by atoms with Crippen molar-refractivity contribution in [3.05, 3.63) is 0 Å². The van der Waals surface area contributed by atoms with Crippen LogP contribution in [-0.2, 0) is 9.31 Å². The summed E-state index contributed by atoms with van der Waals surface area (Å²) in [5.41, 5.74) is 0. The van der Waals surface area contributed by atoms with Crippen molar-refractivity contribution in [1.82, 2.24) is 0 Å². The highest BCUT2D eigenvalue weighted by Crippen LogP contribution is 2.53. The van der Waals surface area contributed by atoms with Crippen LogP contribution in [0.3, 0.4) is 0 Å². The largest absolute Gasteiger partial charge is 0.461 e. The van der Waals surface area contributed by atoms with Gasteiger partial charge in [-0.2, -0.15) is 0 Å². The van der Waals surface area contributed by atoms with Crippen LogP contribution in [0.4, 0.5) is 0 Å². The second-order valence-corrected chi connectivity index (χ2v) is 8.42. The third-order valence-electron chi connectivity index (χ3n) is 3.51. The number of hydrogen-bond donors (Lipinski definition) is 1. The molecule has 0 heterocycles. The van der Waals surface area contributed by atoms with Gasteiger partial charge in [0.1, 0.15) is 0 Å². The minimum absolute atomic E-state index is 0.130. The topological polar surface area (TPSA) is 38.7 Å². The Hall–Kier alpha value is 0.295. The quantitative estimate of drug-likeness (QED) is 0.745. The molecule has 1 saturated carbocycles. The first kappa shape index (κ1) is 15.4. The van der Waals surface area contributed by atoms with Gasteiger partial charge in [0.2, 0.25) is 0 Å². The molecular formula is C12H27BO3S. The first-order valence-corrected chi connectivity index (χ1v) is 9.15. The molecule has 0 aromatic heterocycles. The lowest BCUT2D eigenvalue weighted by Gasteiger charge is -2.43. The van der Waals surface area contributed by atoms with Gasteiger partial charge in [0, 0.05) is 24.3 Å². The summed E-state index contributed by atoms with van der Waals surface area (Å²) in [5, 5.41) is 0.361. The molecule has 0 radical (unpaired) electrons. The average Bonchev–Trinajstić information content (AvgIpc) is 2.28. The number of rotatable bonds is 6. The Morgan fingerprint density at radius 1 is 1.12 bits per heavy atom. The van der Waals surface area contributed by atoms with E-state index in [-0.39, 0.29) is 7.12 Å². The van der Waals surface area contributed by atoms with Crippen molar-refractivity contribution in [1.29, 1.82) is 0 Å². The molecule has 102 valence electrons. The lowest BCUT2D eigenvalue weighted by molar-refractivity contribution is 0.196. The van der Waals surface area contributed by atoms with Crippen LogP contribution >= 0.6 is 10.3 Å². The summed E-state index contributed by atoms with van der Waals surface area (Å²) < 4.78 is 21.8. The molecule has 0 saturated heterocycles. The minimum atomic E-state index is -1.52. The molecule has 1 rings (SSSR count). The smallest absolute Gasteiger partial charge is 0.411 e. The highest BCUT2D eigenvalue weighted by molar-refractivity contribution is 8.28. The van der Waals surface area contributed by atoms with E-state index in [2.05, 4.69) is 0 Å². The third kappa shape index (κ3) is 4.47. The molecule has 0 bridgehead atoms. The molecule has 0 aromatic rings. The Balaban J connectivity index is 2.73. The van der Waals surface area contributed by atoms with Crippen LogP contribution in [0.15, 0.2) is 0 Å². The van der Waals surface area contributed by atoms with E-state index in [9.17, 15) is 4.55 Å². The van der Waals surface area contributed by atoms with Crippen molar-refractivity contribution in [2.75, 3.05) is 25.7 Å². The van der Waals surface area contributed by atoms with Crippen molar-refractivity contribution in [2.45, 2.75) is 50.6 Å². The summed E-state index contributed by atoms with van der Waals surface area (Å²) in [6.07, 6.45) is 8.67. The van der Waals surface area contributed by atoms with Crippen LogP contribution in [0.5, 0.6) is 0 Å². The highest BCUT2D eigenvalue weighted by atomic mass is 32.3. The number of hydrogen-bond acceptors (Lipinski definition) is 3. The maximum Gasteiger partial charge on any atom is 0.461 e. The molecular weight excluding hydrogens is 235 g/mol. The Bertz CT molecular complexity index is 214. The molecule has 2 atom stereocenters. The van der Waals surface area contributed by atoms with E-state index >= 15 is 0 Å². The van der Waals surface area contributed by atoms with Crippen molar-refractivity contribution in [2.24, 2.45) is 0 Å². The first-order valence-electron chi connectivity index (χ1n) is 6.68. The Morgan fingerprint density at radius 3 is 2.12 bits per heavy atom. The fourth-order valence-corrected chi connectivity index (χ4v) is 4.64. The van der Waals surface area contributed by atoms with Gasteiger partial charge in [-0.15, -0.1) is 10.3 Å². The molecule has 1 aliphatic carbocycles. The van der Waals surface area contributed by atoms with Gasteiger partial charge in [0.15, 0.2) is 0 Å². The van der Waals surface area contributed by atoms with Gasteiger partial charge in [-0.05, 0) is 32.8 Å². The summed E-state index contributed by atoms with van der Waals surface area (Å²) in [4.78, 5) is 0. The van der Waals surface area contributed by atoms with Crippen LogP contribution in [0.25, 0.3) is 0 Å². The predicted octanol–water partition coefficient (Wildman–Crippen LogP) is 3.40. The zero-order valence-electron chi connectivity index (χ0n) is 11.6. The lowest BCUT2D eigenvalue weighted by Crippen LogP contribution is -2.39. The van der Waals surface area contributed by atoms with E-state index in [1.165, 1.54) is 12.8 Å². The molecule has 17 heavy (non-hydrogen) atoms. The molecule has 1 N–H and O–H groups in total. The molecule has 0 spiro atoms. The van der Waals surface area contributed by atoms with Crippen molar-refractivity contribution < 1.29 is 13.9 Å². The van der Waals surface area contributed by atoms with E-state index < -0.39 is 10.3 Å². The summed E-state index contributed by atoms with van der Waals surface area (Å²) >= 11 is 0. The average molecular weight is 262 g/mol. The Labute approximate surface area is 108 Å². The monoisotopic (exact) mass is 262 g/mol. The standard InChI is InChI=1S/C12H27BO3S/c1-5-15-13(16-6-2)11-9-7-8-10-12(11)17(3,4)14/h11-12,14H,5-10H2,1-4H3. The molecule has 2 unspecified atom stereocenters. The molecule has 0 aliphatic heterocycles. The lowest BCUT2D eigenvalue weighted by atomic mass is 9.64. The van der Waals surface area contributed by atoms with E-state index in [0.717, 1.165) is 12.8 Å². The fourth-order valence-electron chi connectivity index (χ4n) is 2.78. The normalized spacial score (nSPS) is 26.9. The van der Waals surface area contributed by atoms with Crippen LogP contribution in [-0.4, -0.2) is 42.6 Å². The molecule has 3 nitrogen and oxygen atoms in total. The molecule has 0 aromatic carbocycles. The van der Waals surface area contributed by atoms with Gasteiger partial charge in [0.05, 0.1) is 0 Å². The maximum absolute atomic E-state index is 10.4. The second kappa shape index (κ2) is 7.02. The first-order chi connectivity index (χ1) is 8.00. The summed E-state index contributed by atoms with van der Waals surface area (Å²) in [7, 11) is -1.65. The molecule has 1 fully saturated rings. The fraction of sp³-hybridized carbons (Fsp3) is 1.00.